The minimum Gasteiger partial charge on any atom is -0.378 e. The van der Waals surface area contributed by atoms with Gasteiger partial charge < -0.3 is 25.2 Å². The molecule has 0 spiro atoms. The van der Waals surface area contributed by atoms with Crippen molar-refractivity contribution in [3.63, 3.8) is 0 Å². The molecule has 2 fully saturated rings. The van der Waals surface area contributed by atoms with Crippen molar-refractivity contribution < 1.29 is 9.53 Å². The molecule has 2 N–H and O–H groups in total. The Bertz CT molecular complexity index is 582. The summed E-state index contributed by atoms with van der Waals surface area (Å²) in [5.41, 5.74) is 6.00. The number of morpholine rings is 1. The molecular weight excluding hydrogens is 320 g/mol. The van der Waals surface area contributed by atoms with E-state index >= 15 is 0 Å². The quantitative estimate of drug-likeness (QED) is 0.816. The molecule has 2 aliphatic rings. The Balaban J connectivity index is 1.60. The van der Waals surface area contributed by atoms with Crippen LogP contribution in [-0.4, -0.2) is 79.3 Å². The predicted molar refractivity (Wildman–Crippen MR) is 96.7 cm³/mol. The number of nitrogens with zero attached hydrogens (tertiary/aromatic N) is 5. The van der Waals surface area contributed by atoms with Gasteiger partial charge in [-0.05, 0) is 5.92 Å². The maximum absolute atomic E-state index is 12.4. The number of hydrogen-bond donors (Lipinski definition) is 1. The van der Waals surface area contributed by atoms with Crippen LogP contribution in [0.2, 0.25) is 0 Å². The van der Waals surface area contributed by atoms with Gasteiger partial charge in [0.05, 0.1) is 19.3 Å². The maximum atomic E-state index is 12.4. The van der Waals surface area contributed by atoms with Crippen LogP contribution in [0.25, 0.3) is 0 Å². The largest absolute Gasteiger partial charge is 0.378 e. The lowest BCUT2D eigenvalue weighted by molar-refractivity contribution is -0.133. The van der Waals surface area contributed by atoms with Crippen molar-refractivity contribution in [3.8, 4) is 0 Å². The Hall–Kier alpha value is -1.93. The summed E-state index contributed by atoms with van der Waals surface area (Å²) in [5, 5.41) is 0. The van der Waals surface area contributed by atoms with Crippen molar-refractivity contribution in [3.05, 3.63) is 12.4 Å². The lowest BCUT2D eigenvalue weighted by atomic mass is 10.0. The van der Waals surface area contributed by atoms with Gasteiger partial charge in [-0.25, -0.2) is 9.97 Å². The maximum Gasteiger partial charge on any atom is 0.239 e. The van der Waals surface area contributed by atoms with Gasteiger partial charge in [0.1, 0.15) is 18.0 Å². The highest BCUT2D eigenvalue weighted by Crippen LogP contribution is 2.20. The molecule has 0 unspecified atom stereocenters. The molecule has 0 radical (unpaired) electrons. The fraction of sp³-hybridized carbons (Fsp3) is 0.706. The Morgan fingerprint density at radius 2 is 1.60 bits per heavy atom. The summed E-state index contributed by atoms with van der Waals surface area (Å²) in [5.74, 6) is 2.06. The molecule has 1 atom stereocenters. The van der Waals surface area contributed by atoms with E-state index in [0.717, 1.165) is 51.0 Å². The molecule has 8 nitrogen and oxygen atoms in total. The highest BCUT2D eigenvalue weighted by Gasteiger charge is 2.27. The number of anilines is 2. The van der Waals surface area contributed by atoms with E-state index in [0.29, 0.717) is 13.1 Å². The van der Waals surface area contributed by atoms with Crippen molar-refractivity contribution in [2.45, 2.75) is 19.9 Å². The van der Waals surface area contributed by atoms with Gasteiger partial charge in [-0.3, -0.25) is 4.79 Å². The first-order chi connectivity index (χ1) is 12.1. The van der Waals surface area contributed by atoms with E-state index in [1.807, 2.05) is 24.8 Å². The number of piperazine rings is 1. The fourth-order valence-corrected chi connectivity index (χ4v) is 3.13. The molecular formula is C17H28N6O2. The van der Waals surface area contributed by atoms with E-state index in [-0.39, 0.29) is 11.8 Å². The monoisotopic (exact) mass is 348 g/mol. The number of nitrogens with two attached hydrogens (primary N) is 1. The number of aromatic nitrogens is 2. The van der Waals surface area contributed by atoms with Gasteiger partial charge in [0.15, 0.2) is 0 Å². The highest BCUT2D eigenvalue weighted by molar-refractivity contribution is 5.82. The number of ether oxygens (including phenoxy) is 1. The lowest BCUT2D eigenvalue weighted by Crippen LogP contribution is -2.54. The van der Waals surface area contributed by atoms with Crippen LogP contribution >= 0.6 is 0 Å². The van der Waals surface area contributed by atoms with E-state index in [2.05, 4.69) is 19.8 Å². The second-order valence-corrected chi connectivity index (χ2v) is 6.92. The Kier molecular flexibility index (Phi) is 5.70. The van der Waals surface area contributed by atoms with Gasteiger partial charge in [0.2, 0.25) is 5.91 Å². The molecule has 1 aromatic heterocycles. The molecule has 8 heteroatoms. The highest BCUT2D eigenvalue weighted by atomic mass is 16.5. The summed E-state index contributed by atoms with van der Waals surface area (Å²) >= 11 is 0. The van der Waals surface area contributed by atoms with E-state index in [1.165, 1.54) is 0 Å². The molecule has 25 heavy (non-hydrogen) atoms. The zero-order chi connectivity index (χ0) is 17.8. The second kappa shape index (κ2) is 7.97. The third kappa shape index (κ3) is 4.19. The molecule has 0 saturated carbocycles. The van der Waals surface area contributed by atoms with Crippen LogP contribution in [0.4, 0.5) is 11.6 Å². The smallest absolute Gasteiger partial charge is 0.239 e. The van der Waals surface area contributed by atoms with Crippen LogP contribution in [-0.2, 0) is 9.53 Å². The van der Waals surface area contributed by atoms with Crippen molar-refractivity contribution >= 4 is 17.5 Å². The second-order valence-electron chi connectivity index (χ2n) is 6.92. The molecule has 0 bridgehead atoms. The zero-order valence-electron chi connectivity index (χ0n) is 15.1. The molecule has 0 aromatic carbocycles. The first-order valence-corrected chi connectivity index (χ1v) is 9.00. The molecule has 0 aliphatic carbocycles. The van der Waals surface area contributed by atoms with Crippen LogP contribution in [0.5, 0.6) is 0 Å². The molecule has 1 aromatic rings. The lowest BCUT2D eigenvalue weighted by Gasteiger charge is -2.37. The fourth-order valence-electron chi connectivity index (χ4n) is 3.13. The van der Waals surface area contributed by atoms with Crippen molar-refractivity contribution in [1.82, 2.24) is 14.9 Å². The molecule has 2 saturated heterocycles. The van der Waals surface area contributed by atoms with Crippen LogP contribution < -0.4 is 15.5 Å². The first kappa shape index (κ1) is 17.9. The average molecular weight is 348 g/mol. The molecule has 1 amide bonds. The molecule has 3 heterocycles. The minimum atomic E-state index is -0.418. The van der Waals surface area contributed by atoms with Crippen molar-refractivity contribution in [2.75, 3.05) is 62.3 Å². The van der Waals surface area contributed by atoms with Gasteiger partial charge >= 0.3 is 0 Å². The summed E-state index contributed by atoms with van der Waals surface area (Å²) in [7, 11) is 0. The van der Waals surface area contributed by atoms with Gasteiger partial charge in [-0.15, -0.1) is 0 Å². The summed E-state index contributed by atoms with van der Waals surface area (Å²) in [6.07, 6.45) is 1.62. The molecule has 2 aliphatic heterocycles. The van der Waals surface area contributed by atoms with Crippen LogP contribution in [0, 0.1) is 5.92 Å². The van der Waals surface area contributed by atoms with Gasteiger partial charge in [0, 0.05) is 45.3 Å². The summed E-state index contributed by atoms with van der Waals surface area (Å²) in [4.78, 5) is 27.5. The third-order valence-electron chi connectivity index (χ3n) is 4.89. The molecule has 138 valence electrons. The number of amides is 1. The Morgan fingerprint density at radius 1 is 1.04 bits per heavy atom. The van der Waals surface area contributed by atoms with Gasteiger partial charge in [-0.2, -0.15) is 0 Å². The zero-order valence-corrected chi connectivity index (χ0v) is 15.1. The van der Waals surface area contributed by atoms with E-state index in [4.69, 9.17) is 10.5 Å². The van der Waals surface area contributed by atoms with Crippen molar-refractivity contribution in [2.24, 2.45) is 11.7 Å². The number of hydrogen-bond acceptors (Lipinski definition) is 7. The predicted octanol–water partition coefficient (Wildman–Crippen LogP) is -0.0549. The first-order valence-electron chi connectivity index (χ1n) is 9.00. The Morgan fingerprint density at radius 3 is 2.16 bits per heavy atom. The number of rotatable bonds is 4. The van der Waals surface area contributed by atoms with Crippen LogP contribution in [0.15, 0.2) is 12.4 Å². The topological polar surface area (TPSA) is 87.8 Å². The van der Waals surface area contributed by atoms with Crippen molar-refractivity contribution in [1.29, 1.82) is 0 Å². The number of carbonyl (C=O) groups excluding carboxylic acids is 1. The summed E-state index contributed by atoms with van der Waals surface area (Å²) < 4.78 is 5.39. The minimum absolute atomic E-state index is 0.0475. The standard InChI is InChI=1S/C17H28N6O2/c1-13(2)16(18)17(24)23-5-3-21(4-6-23)14-11-15(20-12-19-14)22-7-9-25-10-8-22/h11-13,16H,3-10,18H2,1-2H3/t16-/m0/s1. The van der Waals surface area contributed by atoms with Crippen LogP contribution in [0.1, 0.15) is 13.8 Å². The average Bonchev–Trinajstić information content (AvgIpc) is 2.67. The number of carbonyl (C=O) groups is 1. The van der Waals surface area contributed by atoms with Gasteiger partial charge in [-0.1, -0.05) is 13.8 Å². The third-order valence-corrected chi connectivity index (χ3v) is 4.89. The van der Waals surface area contributed by atoms with E-state index in [9.17, 15) is 4.79 Å². The van der Waals surface area contributed by atoms with Gasteiger partial charge in [0.25, 0.3) is 0 Å². The van der Waals surface area contributed by atoms with Crippen LogP contribution in [0.3, 0.4) is 0 Å². The normalized spacial score (nSPS) is 20.1. The summed E-state index contributed by atoms with van der Waals surface area (Å²) in [6, 6.07) is 1.61. The summed E-state index contributed by atoms with van der Waals surface area (Å²) in [6.45, 7) is 10.0. The van der Waals surface area contributed by atoms with E-state index < -0.39 is 6.04 Å². The Labute approximate surface area is 148 Å². The molecule has 3 rings (SSSR count). The van der Waals surface area contributed by atoms with E-state index in [1.54, 1.807) is 6.33 Å². The SMILES string of the molecule is CC(C)[C@H](N)C(=O)N1CCN(c2cc(N3CCOCC3)ncn2)CC1.